The van der Waals surface area contributed by atoms with Crippen LogP contribution in [-0.4, -0.2) is 36.0 Å². The third kappa shape index (κ3) is 3.74. The van der Waals surface area contributed by atoms with Gasteiger partial charge in [0.2, 0.25) is 0 Å². The minimum atomic E-state index is -0.716. The van der Waals surface area contributed by atoms with Gasteiger partial charge in [-0.3, -0.25) is 4.79 Å². The van der Waals surface area contributed by atoms with Crippen LogP contribution in [0.3, 0.4) is 0 Å². The van der Waals surface area contributed by atoms with Gasteiger partial charge >= 0.3 is 5.97 Å². The van der Waals surface area contributed by atoms with E-state index in [9.17, 15) is 4.79 Å². The summed E-state index contributed by atoms with van der Waals surface area (Å²) in [6.07, 6.45) is 0.628. The van der Waals surface area contributed by atoms with Gasteiger partial charge in [0.1, 0.15) is 0 Å². The molecule has 0 atom stereocenters. The van der Waals surface area contributed by atoms with E-state index >= 15 is 0 Å². The highest BCUT2D eigenvalue weighted by molar-refractivity contribution is 5.70. The van der Waals surface area contributed by atoms with Gasteiger partial charge in [-0.25, -0.2) is 0 Å². The molecular weight excluding hydrogens is 172 g/mol. The van der Waals surface area contributed by atoms with Gasteiger partial charge in [0.15, 0.2) is 0 Å². The molecule has 0 aliphatic heterocycles. The first-order chi connectivity index (χ1) is 6.14. The smallest absolute Gasteiger partial charge is 0.306 e. The lowest BCUT2D eigenvalue weighted by Crippen LogP contribution is -2.32. The zero-order valence-corrected chi connectivity index (χ0v) is 8.25. The molecule has 0 saturated carbocycles. The van der Waals surface area contributed by atoms with Crippen molar-refractivity contribution in [1.29, 1.82) is 0 Å². The van der Waals surface area contributed by atoms with E-state index in [1.54, 1.807) is 6.92 Å². The topological polar surface area (TPSA) is 66.8 Å². The number of aliphatic hydroxyl groups is 2. The lowest BCUT2D eigenvalue weighted by molar-refractivity contribution is -0.148. The third-order valence-corrected chi connectivity index (χ3v) is 2.25. The zero-order valence-electron chi connectivity index (χ0n) is 8.25. The van der Waals surface area contributed by atoms with Gasteiger partial charge in [-0.05, 0) is 13.3 Å². The van der Waals surface area contributed by atoms with E-state index in [-0.39, 0.29) is 25.6 Å². The molecule has 0 saturated heterocycles. The van der Waals surface area contributed by atoms with Crippen LogP contribution in [0.5, 0.6) is 0 Å². The standard InChI is InChI=1S/C9H18O4/c1-3-9(6-10,7-11)5-8(12)13-4-2/h10-11H,3-7H2,1-2H3. The van der Waals surface area contributed by atoms with Crippen molar-refractivity contribution in [2.45, 2.75) is 26.7 Å². The van der Waals surface area contributed by atoms with Crippen LogP contribution in [0.25, 0.3) is 0 Å². The summed E-state index contributed by atoms with van der Waals surface area (Å²) in [7, 11) is 0. The number of carbonyl (C=O) groups excluding carboxylic acids is 1. The molecule has 0 spiro atoms. The van der Waals surface area contributed by atoms with Crippen molar-refractivity contribution in [3.8, 4) is 0 Å². The Kier molecular flexibility index (Phi) is 5.66. The van der Waals surface area contributed by atoms with Gasteiger partial charge < -0.3 is 14.9 Å². The van der Waals surface area contributed by atoms with Crippen LogP contribution >= 0.6 is 0 Å². The number of hydrogen-bond acceptors (Lipinski definition) is 4. The number of rotatable bonds is 6. The molecule has 0 aliphatic rings. The fraction of sp³-hybridized carbons (Fsp3) is 0.889. The van der Waals surface area contributed by atoms with Crippen LogP contribution in [0.2, 0.25) is 0 Å². The maximum atomic E-state index is 11.1. The maximum absolute atomic E-state index is 11.1. The van der Waals surface area contributed by atoms with Gasteiger partial charge in [-0.15, -0.1) is 0 Å². The van der Waals surface area contributed by atoms with Gasteiger partial charge in [-0.1, -0.05) is 6.92 Å². The minimum absolute atomic E-state index is 0.0737. The predicted molar refractivity (Wildman–Crippen MR) is 48.1 cm³/mol. The van der Waals surface area contributed by atoms with Crippen LogP contribution in [0.15, 0.2) is 0 Å². The Labute approximate surface area is 78.5 Å². The van der Waals surface area contributed by atoms with Gasteiger partial charge in [-0.2, -0.15) is 0 Å². The van der Waals surface area contributed by atoms with Crippen molar-refractivity contribution in [1.82, 2.24) is 0 Å². The maximum Gasteiger partial charge on any atom is 0.306 e. The summed E-state index contributed by atoms with van der Waals surface area (Å²) < 4.78 is 4.74. The number of ether oxygens (including phenoxy) is 1. The van der Waals surface area contributed by atoms with E-state index in [0.717, 1.165) is 0 Å². The molecule has 0 aromatic rings. The fourth-order valence-corrected chi connectivity index (χ4v) is 1.03. The molecule has 0 rings (SSSR count). The monoisotopic (exact) mass is 190 g/mol. The first-order valence-electron chi connectivity index (χ1n) is 4.51. The summed E-state index contributed by atoms with van der Waals surface area (Å²) in [6, 6.07) is 0. The van der Waals surface area contributed by atoms with Gasteiger partial charge in [0.05, 0.1) is 26.2 Å². The van der Waals surface area contributed by atoms with Crippen LogP contribution in [0, 0.1) is 5.41 Å². The number of aliphatic hydroxyl groups excluding tert-OH is 2. The Bertz CT molecular complexity index is 143. The Hall–Kier alpha value is -0.610. The largest absolute Gasteiger partial charge is 0.466 e. The molecule has 0 aromatic carbocycles. The molecule has 0 amide bonds. The Morgan fingerprint density at radius 3 is 2.15 bits per heavy atom. The number of hydrogen-bond donors (Lipinski definition) is 2. The van der Waals surface area contributed by atoms with E-state index in [2.05, 4.69) is 0 Å². The lowest BCUT2D eigenvalue weighted by atomic mass is 9.83. The molecule has 0 heterocycles. The van der Waals surface area contributed by atoms with Crippen molar-refractivity contribution >= 4 is 5.97 Å². The summed E-state index contributed by atoms with van der Waals surface area (Å²) >= 11 is 0. The van der Waals surface area contributed by atoms with Gasteiger partial charge in [0.25, 0.3) is 0 Å². The summed E-state index contributed by atoms with van der Waals surface area (Å²) in [5.41, 5.74) is -0.716. The number of carbonyl (C=O) groups is 1. The summed E-state index contributed by atoms with van der Waals surface area (Å²) in [5, 5.41) is 18.1. The Balaban J connectivity index is 4.16. The molecule has 0 bridgehead atoms. The average molecular weight is 190 g/mol. The highest BCUT2D eigenvalue weighted by Crippen LogP contribution is 2.25. The SMILES string of the molecule is CCOC(=O)CC(CC)(CO)CO. The van der Waals surface area contributed by atoms with E-state index < -0.39 is 5.41 Å². The first-order valence-corrected chi connectivity index (χ1v) is 4.51. The molecule has 0 fully saturated rings. The highest BCUT2D eigenvalue weighted by atomic mass is 16.5. The molecule has 0 unspecified atom stereocenters. The van der Waals surface area contributed by atoms with Crippen molar-refractivity contribution in [2.24, 2.45) is 5.41 Å². The summed E-state index contributed by atoms with van der Waals surface area (Å²) in [5.74, 6) is -0.368. The quantitative estimate of drug-likeness (QED) is 0.592. The van der Waals surface area contributed by atoms with Crippen LogP contribution < -0.4 is 0 Å². The lowest BCUT2D eigenvalue weighted by Gasteiger charge is -2.26. The summed E-state index contributed by atoms with van der Waals surface area (Å²) in [6.45, 7) is 3.49. The second kappa shape index (κ2) is 5.94. The van der Waals surface area contributed by atoms with Crippen molar-refractivity contribution < 1.29 is 19.7 Å². The molecule has 0 aliphatic carbocycles. The minimum Gasteiger partial charge on any atom is -0.466 e. The normalized spacial score (nSPS) is 11.4. The van der Waals surface area contributed by atoms with Crippen molar-refractivity contribution in [3.63, 3.8) is 0 Å². The molecule has 2 N–H and O–H groups in total. The third-order valence-electron chi connectivity index (χ3n) is 2.25. The average Bonchev–Trinajstić information content (AvgIpc) is 2.15. The molecule has 0 radical (unpaired) electrons. The van der Waals surface area contributed by atoms with E-state index in [1.807, 2.05) is 6.92 Å². The molecule has 0 aromatic heterocycles. The van der Waals surface area contributed by atoms with Gasteiger partial charge in [0, 0.05) is 5.41 Å². The van der Waals surface area contributed by atoms with Crippen LogP contribution in [-0.2, 0) is 9.53 Å². The van der Waals surface area contributed by atoms with E-state index in [4.69, 9.17) is 14.9 Å². The van der Waals surface area contributed by atoms with Crippen molar-refractivity contribution in [2.75, 3.05) is 19.8 Å². The molecule has 4 heteroatoms. The van der Waals surface area contributed by atoms with Crippen LogP contribution in [0.1, 0.15) is 26.7 Å². The molecule has 13 heavy (non-hydrogen) atoms. The van der Waals surface area contributed by atoms with Crippen molar-refractivity contribution in [3.05, 3.63) is 0 Å². The van der Waals surface area contributed by atoms with E-state index in [0.29, 0.717) is 13.0 Å². The Morgan fingerprint density at radius 2 is 1.85 bits per heavy atom. The second-order valence-corrected chi connectivity index (χ2v) is 3.15. The van der Waals surface area contributed by atoms with Crippen LogP contribution in [0.4, 0.5) is 0 Å². The first kappa shape index (κ1) is 12.4. The highest BCUT2D eigenvalue weighted by Gasteiger charge is 2.30. The Morgan fingerprint density at radius 1 is 1.31 bits per heavy atom. The second-order valence-electron chi connectivity index (χ2n) is 3.15. The van der Waals surface area contributed by atoms with E-state index in [1.165, 1.54) is 0 Å². The zero-order chi connectivity index (χ0) is 10.3. The molecule has 4 nitrogen and oxygen atoms in total. The fourth-order valence-electron chi connectivity index (χ4n) is 1.03. The molecule has 78 valence electrons. The predicted octanol–water partition coefficient (Wildman–Crippen LogP) is 0.321. The summed E-state index contributed by atoms with van der Waals surface area (Å²) in [4.78, 5) is 11.1. The number of esters is 1. The molecular formula is C9H18O4.